The van der Waals surface area contributed by atoms with E-state index in [2.05, 4.69) is 0 Å². The average Bonchev–Trinajstić information content (AvgIpc) is 2.80. The molecule has 1 unspecified atom stereocenters. The van der Waals surface area contributed by atoms with Crippen LogP contribution in [0.5, 0.6) is 0 Å². The summed E-state index contributed by atoms with van der Waals surface area (Å²) >= 11 is 1.69. The van der Waals surface area contributed by atoms with Gasteiger partial charge in [0.2, 0.25) is 0 Å². The summed E-state index contributed by atoms with van der Waals surface area (Å²) in [7, 11) is 0. The highest BCUT2D eigenvalue weighted by molar-refractivity contribution is 7.18. The van der Waals surface area contributed by atoms with E-state index in [1.54, 1.807) is 11.3 Å². The summed E-state index contributed by atoms with van der Waals surface area (Å²) in [6, 6.07) is 0. The number of aromatic nitrogens is 2. The van der Waals surface area contributed by atoms with Crippen LogP contribution < -0.4 is 5.56 Å². The van der Waals surface area contributed by atoms with Crippen LogP contribution in [-0.4, -0.2) is 22.1 Å². The Labute approximate surface area is 144 Å². The molecule has 2 aromatic rings. The monoisotopic (exact) mass is 346 g/mol. The van der Waals surface area contributed by atoms with Crippen LogP contribution in [0, 0.1) is 5.92 Å². The van der Waals surface area contributed by atoms with E-state index in [0.717, 1.165) is 35.3 Å². The molecule has 1 aliphatic heterocycles. The number of hydrogen-bond donors (Lipinski definition) is 0. The molecule has 1 aliphatic carbocycles. The molecule has 0 spiro atoms. The summed E-state index contributed by atoms with van der Waals surface area (Å²) in [6.45, 7) is 2.79. The fraction of sp³-hybridized carbons (Fsp3) is 0.611. The summed E-state index contributed by atoms with van der Waals surface area (Å²) < 4.78 is 6.97. The molecule has 2 aliphatic rings. The van der Waals surface area contributed by atoms with Gasteiger partial charge in [0.05, 0.1) is 17.9 Å². The molecule has 2 aromatic heterocycles. The third kappa shape index (κ3) is 2.57. The standard InChI is InChI=1S/C18H22N2O3S/c1-2-23-18(22)11-7-8-14-19-16-15(17(21)20(14)10-9-11)12-5-3-4-6-13(12)24-16/h11H,2-10H2,1H3. The number of hydrogen-bond acceptors (Lipinski definition) is 5. The highest BCUT2D eigenvalue weighted by Crippen LogP contribution is 2.34. The Kier molecular flexibility index (Phi) is 4.16. The summed E-state index contributed by atoms with van der Waals surface area (Å²) in [5, 5.41) is 0.841. The molecule has 5 nitrogen and oxygen atoms in total. The molecule has 0 radical (unpaired) electrons. The smallest absolute Gasteiger partial charge is 0.308 e. The molecule has 0 N–H and O–H groups in total. The highest BCUT2D eigenvalue weighted by atomic mass is 32.1. The Morgan fingerprint density at radius 2 is 2.12 bits per heavy atom. The van der Waals surface area contributed by atoms with Crippen LogP contribution in [0.15, 0.2) is 4.79 Å². The largest absolute Gasteiger partial charge is 0.466 e. The van der Waals surface area contributed by atoms with Gasteiger partial charge in [-0.05, 0) is 51.0 Å². The number of thiophene rings is 1. The van der Waals surface area contributed by atoms with Crippen molar-refractivity contribution in [2.24, 2.45) is 5.92 Å². The molecule has 0 amide bonds. The van der Waals surface area contributed by atoms with Gasteiger partial charge in [-0.3, -0.25) is 14.2 Å². The molecule has 0 fully saturated rings. The minimum Gasteiger partial charge on any atom is -0.466 e. The van der Waals surface area contributed by atoms with Crippen molar-refractivity contribution < 1.29 is 9.53 Å². The second kappa shape index (κ2) is 6.31. The van der Waals surface area contributed by atoms with Gasteiger partial charge in [-0.1, -0.05) is 0 Å². The molecule has 4 rings (SSSR count). The fourth-order valence-corrected chi connectivity index (χ4v) is 5.20. The second-order valence-corrected chi connectivity index (χ2v) is 7.74. The van der Waals surface area contributed by atoms with Crippen LogP contribution in [0.2, 0.25) is 0 Å². The van der Waals surface area contributed by atoms with E-state index in [-0.39, 0.29) is 17.4 Å². The van der Waals surface area contributed by atoms with Crippen LogP contribution in [0.3, 0.4) is 0 Å². The number of esters is 1. The first-order valence-electron chi connectivity index (χ1n) is 8.89. The third-order valence-electron chi connectivity index (χ3n) is 5.19. The number of carbonyl (C=O) groups is 1. The van der Waals surface area contributed by atoms with Crippen LogP contribution in [0.1, 0.15) is 48.9 Å². The highest BCUT2D eigenvalue weighted by Gasteiger charge is 2.27. The Hall–Kier alpha value is -1.69. The number of ether oxygens (including phenoxy) is 1. The predicted octanol–water partition coefficient (Wildman–Crippen LogP) is 2.85. The normalized spacial score (nSPS) is 20.3. The van der Waals surface area contributed by atoms with E-state index in [1.165, 1.54) is 16.9 Å². The molecule has 1 atom stereocenters. The molecule has 6 heteroatoms. The van der Waals surface area contributed by atoms with Crippen LogP contribution >= 0.6 is 11.3 Å². The molecule has 24 heavy (non-hydrogen) atoms. The SMILES string of the molecule is CCOC(=O)C1CCc2nc3sc4c(c3c(=O)n2CC1)CCCC4. The van der Waals surface area contributed by atoms with Crippen LogP contribution in [0.25, 0.3) is 10.2 Å². The fourth-order valence-electron chi connectivity index (χ4n) is 3.93. The number of fused-ring (bicyclic) bond motifs is 4. The van der Waals surface area contributed by atoms with Gasteiger partial charge in [0.15, 0.2) is 0 Å². The van der Waals surface area contributed by atoms with Gasteiger partial charge in [-0.25, -0.2) is 4.98 Å². The first-order valence-corrected chi connectivity index (χ1v) is 9.71. The van der Waals surface area contributed by atoms with Gasteiger partial charge in [0, 0.05) is 17.8 Å². The lowest BCUT2D eigenvalue weighted by molar-refractivity contribution is -0.148. The lowest BCUT2D eigenvalue weighted by Crippen LogP contribution is -2.25. The van der Waals surface area contributed by atoms with Gasteiger partial charge in [-0.2, -0.15) is 0 Å². The molecule has 128 valence electrons. The van der Waals surface area contributed by atoms with E-state index < -0.39 is 0 Å². The molecule has 0 saturated heterocycles. The van der Waals surface area contributed by atoms with Gasteiger partial charge < -0.3 is 4.74 Å². The Bertz CT molecular complexity index is 852. The van der Waals surface area contributed by atoms with Crippen molar-refractivity contribution in [3.63, 3.8) is 0 Å². The van der Waals surface area contributed by atoms with Crippen molar-refractivity contribution in [1.29, 1.82) is 0 Å². The van der Waals surface area contributed by atoms with Crippen LogP contribution in [0.4, 0.5) is 0 Å². The molecule has 0 bridgehead atoms. The van der Waals surface area contributed by atoms with Gasteiger partial charge in [0.25, 0.3) is 5.56 Å². The quantitative estimate of drug-likeness (QED) is 0.785. The first-order chi connectivity index (χ1) is 11.7. The number of carbonyl (C=O) groups excluding carboxylic acids is 1. The average molecular weight is 346 g/mol. The third-order valence-corrected chi connectivity index (χ3v) is 6.38. The van der Waals surface area contributed by atoms with Crippen molar-refractivity contribution in [2.75, 3.05) is 6.61 Å². The first kappa shape index (κ1) is 15.8. The van der Waals surface area contributed by atoms with Crippen molar-refractivity contribution in [3.05, 3.63) is 26.6 Å². The van der Waals surface area contributed by atoms with Gasteiger partial charge in [-0.15, -0.1) is 11.3 Å². The van der Waals surface area contributed by atoms with Gasteiger partial charge >= 0.3 is 5.97 Å². The Balaban J connectivity index is 1.73. The zero-order chi connectivity index (χ0) is 16.7. The minimum atomic E-state index is -0.141. The maximum Gasteiger partial charge on any atom is 0.308 e. The topological polar surface area (TPSA) is 61.2 Å². The van der Waals surface area contributed by atoms with E-state index >= 15 is 0 Å². The lowest BCUT2D eigenvalue weighted by atomic mass is 9.97. The summed E-state index contributed by atoms with van der Waals surface area (Å²) in [5.74, 6) is 0.563. The summed E-state index contributed by atoms with van der Waals surface area (Å²) in [4.78, 5) is 32.2. The maximum atomic E-state index is 13.1. The lowest BCUT2D eigenvalue weighted by Gasteiger charge is -2.12. The molecule has 3 heterocycles. The van der Waals surface area contributed by atoms with E-state index in [9.17, 15) is 9.59 Å². The zero-order valence-corrected chi connectivity index (χ0v) is 14.8. The van der Waals surface area contributed by atoms with Crippen molar-refractivity contribution in [2.45, 2.75) is 58.4 Å². The molecule has 0 aromatic carbocycles. The summed E-state index contributed by atoms with van der Waals surface area (Å²) in [6.07, 6.45) is 6.48. The minimum absolute atomic E-state index is 0.0962. The molecular weight excluding hydrogens is 324 g/mol. The van der Waals surface area contributed by atoms with Crippen molar-refractivity contribution in [3.8, 4) is 0 Å². The van der Waals surface area contributed by atoms with Crippen molar-refractivity contribution in [1.82, 2.24) is 9.55 Å². The van der Waals surface area contributed by atoms with E-state index in [0.29, 0.717) is 32.4 Å². The number of nitrogens with zero attached hydrogens (tertiary/aromatic N) is 2. The second-order valence-electron chi connectivity index (χ2n) is 6.65. The maximum absolute atomic E-state index is 13.1. The number of rotatable bonds is 2. The Morgan fingerprint density at radius 3 is 2.96 bits per heavy atom. The van der Waals surface area contributed by atoms with E-state index in [4.69, 9.17) is 9.72 Å². The van der Waals surface area contributed by atoms with Crippen molar-refractivity contribution >= 4 is 27.5 Å². The number of aryl methyl sites for hydroxylation is 3. The zero-order valence-electron chi connectivity index (χ0n) is 14.0. The molecular formula is C18H22N2O3S. The predicted molar refractivity (Wildman–Crippen MR) is 93.6 cm³/mol. The van der Waals surface area contributed by atoms with E-state index in [1.807, 2.05) is 11.5 Å². The van der Waals surface area contributed by atoms with Gasteiger partial charge in [0.1, 0.15) is 10.7 Å². The molecule has 0 saturated carbocycles. The van der Waals surface area contributed by atoms with Crippen LogP contribution in [-0.2, 0) is 35.3 Å². The Morgan fingerprint density at radius 1 is 1.29 bits per heavy atom. The summed E-state index contributed by atoms with van der Waals surface area (Å²) in [5.41, 5.74) is 1.33.